The molecule has 0 aliphatic heterocycles. The fourth-order valence-electron chi connectivity index (χ4n) is 1.17. The second kappa shape index (κ2) is 3.79. The predicted molar refractivity (Wildman–Crippen MR) is 57.0 cm³/mol. The summed E-state index contributed by atoms with van der Waals surface area (Å²) in [6, 6.07) is 6.23. The molecule has 0 saturated heterocycles. The van der Waals surface area contributed by atoms with Gasteiger partial charge in [-0.05, 0) is 31.4 Å². The van der Waals surface area contributed by atoms with Crippen molar-refractivity contribution in [2.75, 3.05) is 0 Å². The van der Waals surface area contributed by atoms with Gasteiger partial charge in [0.1, 0.15) is 0 Å². The third-order valence-corrected chi connectivity index (χ3v) is 2.37. The van der Waals surface area contributed by atoms with Gasteiger partial charge in [-0.2, -0.15) is 5.26 Å². The van der Waals surface area contributed by atoms with Gasteiger partial charge >= 0.3 is 0 Å². The molecular formula is C12H16N2. The Bertz CT molecular complexity index is 342. The predicted octanol–water partition coefficient (Wildman–Crippen LogP) is 3.01. The van der Waals surface area contributed by atoms with Crippen LogP contribution in [0.3, 0.4) is 0 Å². The van der Waals surface area contributed by atoms with Crippen LogP contribution in [0.2, 0.25) is 0 Å². The van der Waals surface area contributed by atoms with Crippen molar-refractivity contribution in [2.24, 2.45) is 0 Å². The highest BCUT2D eigenvalue weighted by atomic mass is 14.7. The first-order valence-corrected chi connectivity index (χ1v) is 4.85. The minimum Gasteiger partial charge on any atom is -0.259 e. The number of pyridine rings is 1. The van der Waals surface area contributed by atoms with Gasteiger partial charge in [0, 0.05) is 6.20 Å². The molecule has 0 aromatic carbocycles. The average molecular weight is 188 g/mol. The number of nitriles is 1. The van der Waals surface area contributed by atoms with Crippen LogP contribution in [0.1, 0.15) is 44.9 Å². The van der Waals surface area contributed by atoms with E-state index in [1.165, 1.54) is 5.56 Å². The van der Waals surface area contributed by atoms with Gasteiger partial charge in [0.15, 0.2) is 0 Å². The molecule has 1 aromatic rings. The molecular weight excluding hydrogens is 172 g/mol. The topological polar surface area (TPSA) is 36.7 Å². The van der Waals surface area contributed by atoms with Gasteiger partial charge in [-0.1, -0.05) is 19.9 Å². The Morgan fingerprint density at radius 1 is 1.36 bits per heavy atom. The summed E-state index contributed by atoms with van der Waals surface area (Å²) in [7, 11) is 0. The Morgan fingerprint density at radius 2 is 2.00 bits per heavy atom. The second-order valence-corrected chi connectivity index (χ2v) is 4.37. The monoisotopic (exact) mass is 188 g/mol. The maximum Gasteiger partial charge on any atom is 0.0937 e. The van der Waals surface area contributed by atoms with Crippen molar-refractivity contribution >= 4 is 0 Å². The summed E-state index contributed by atoms with van der Waals surface area (Å²) in [6.07, 6.45) is 1.86. The normalized spacial score (nSPS) is 11.4. The summed E-state index contributed by atoms with van der Waals surface area (Å²) in [5.74, 6) is 0.488. The standard InChI is InChI=1S/C12H16N2/c1-9(2)10-5-6-11(14-7-10)12(3,4)8-13/h5-7,9H,1-4H3. The number of aromatic nitrogens is 1. The van der Waals surface area contributed by atoms with Crippen molar-refractivity contribution in [3.05, 3.63) is 29.6 Å². The van der Waals surface area contributed by atoms with E-state index in [1.54, 1.807) is 0 Å². The van der Waals surface area contributed by atoms with Crippen molar-refractivity contribution in [1.82, 2.24) is 4.98 Å². The second-order valence-electron chi connectivity index (χ2n) is 4.37. The number of hydrogen-bond donors (Lipinski definition) is 0. The van der Waals surface area contributed by atoms with E-state index < -0.39 is 5.41 Å². The van der Waals surface area contributed by atoms with E-state index in [4.69, 9.17) is 5.26 Å². The molecule has 1 rings (SSSR count). The average Bonchev–Trinajstić information content (AvgIpc) is 2.18. The summed E-state index contributed by atoms with van der Waals surface area (Å²) in [6.45, 7) is 8.02. The van der Waals surface area contributed by atoms with E-state index in [0.29, 0.717) is 5.92 Å². The maximum atomic E-state index is 8.94. The van der Waals surface area contributed by atoms with Crippen LogP contribution in [0.25, 0.3) is 0 Å². The van der Waals surface area contributed by atoms with Crippen LogP contribution in [0.15, 0.2) is 18.3 Å². The lowest BCUT2D eigenvalue weighted by molar-refractivity contribution is 0.657. The summed E-state index contributed by atoms with van der Waals surface area (Å²) in [5.41, 5.74) is 1.56. The first-order valence-electron chi connectivity index (χ1n) is 4.85. The summed E-state index contributed by atoms with van der Waals surface area (Å²) < 4.78 is 0. The quantitative estimate of drug-likeness (QED) is 0.715. The van der Waals surface area contributed by atoms with Crippen LogP contribution in [0.4, 0.5) is 0 Å². The highest BCUT2D eigenvalue weighted by Crippen LogP contribution is 2.21. The summed E-state index contributed by atoms with van der Waals surface area (Å²) >= 11 is 0. The summed E-state index contributed by atoms with van der Waals surface area (Å²) in [4.78, 5) is 4.32. The van der Waals surface area contributed by atoms with Gasteiger partial charge in [0.25, 0.3) is 0 Å². The molecule has 0 radical (unpaired) electrons. The molecule has 2 heteroatoms. The van der Waals surface area contributed by atoms with E-state index in [-0.39, 0.29) is 0 Å². The Hall–Kier alpha value is -1.36. The van der Waals surface area contributed by atoms with Gasteiger partial charge in [-0.25, -0.2) is 0 Å². The fourth-order valence-corrected chi connectivity index (χ4v) is 1.17. The van der Waals surface area contributed by atoms with E-state index >= 15 is 0 Å². The SMILES string of the molecule is CC(C)c1ccc(C(C)(C)C#N)nc1. The maximum absolute atomic E-state index is 8.94. The highest BCUT2D eigenvalue weighted by Gasteiger charge is 2.20. The van der Waals surface area contributed by atoms with Gasteiger partial charge < -0.3 is 0 Å². The van der Waals surface area contributed by atoms with Crippen LogP contribution in [0.5, 0.6) is 0 Å². The molecule has 0 saturated carbocycles. The number of nitrogens with zero attached hydrogens (tertiary/aromatic N) is 2. The van der Waals surface area contributed by atoms with Crippen LogP contribution in [0, 0.1) is 11.3 Å². The van der Waals surface area contributed by atoms with E-state index in [0.717, 1.165) is 5.69 Å². The van der Waals surface area contributed by atoms with E-state index in [1.807, 2.05) is 32.2 Å². The van der Waals surface area contributed by atoms with Crippen molar-refractivity contribution in [1.29, 1.82) is 5.26 Å². The van der Waals surface area contributed by atoms with Crippen molar-refractivity contribution in [2.45, 2.75) is 39.0 Å². The smallest absolute Gasteiger partial charge is 0.0937 e. The fraction of sp³-hybridized carbons (Fsp3) is 0.500. The first-order chi connectivity index (χ1) is 6.47. The largest absolute Gasteiger partial charge is 0.259 e. The lowest BCUT2D eigenvalue weighted by Crippen LogP contribution is -2.15. The minimum absolute atomic E-state index is 0.488. The molecule has 1 heterocycles. The van der Waals surface area contributed by atoms with Gasteiger partial charge in [0.2, 0.25) is 0 Å². The van der Waals surface area contributed by atoms with E-state index in [2.05, 4.69) is 24.9 Å². The Kier molecular flexibility index (Phi) is 2.90. The molecule has 0 spiro atoms. The Balaban J connectivity index is 3.01. The van der Waals surface area contributed by atoms with Crippen LogP contribution in [-0.4, -0.2) is 4.98 Å². The Labute approximate surface area is 85.6 Å². The zero-order valence-electron chi connectivity index (χ0n) is 9.20. The molecule has 0 N–H and O–H groups in total. The molecule has 0 unspecified atom stereocenters. The molecule has 0 aliphatic carbocycles. The lowest BCUT2D eigenvalue weighted by atomic mass is 9.90. The molecule has 0 aliphatic rings. The summed E-state index contributed by atoms with van der Waals surface area (Å²) in [5, 5.41) is 8.94. The third-order valence-electron chi connectivity index (χ3n) is 2.37. The third kappa shape index (κ3) is 2.11. The zero-order chi connectivity index (χ0) is 10.8. The van der Waals surface area contributed by atoms with Crippen molar-refractivity contribution in [3.63, 3.8) is 0 Å². The van der Waals surface area contributed by atoms with Gasteiger partial charge in [-0.3, -0.25) is 4.98 Å². The first kappa shape index (κ1) is 10.7. The number of hydrogen-bond acceptors (Lipinski definition) is 2. The van der Waals surface area contributed by atoms with Crippen LogP contribution >= 0.6 is 0 Å². The van der Waals surface area contributed by atoms with Crippen molar-refractivity contribution < 1.29 is 0 Å². The molecule has 0 bridgehead atoms. The van der Waals surface area contributed by atoms with Gasteiger partial charge in [-0.15, -0.1) is 0 Å². The van der Waals surface area contributed by atoms with E-state index in [9.17, 15) is 0 Å². The molecule has 14 heavy (non-hydrogen) atoms. The van der Waals surface area contributed by atoms with Crippen LogP contribution < -0.4 is 0 Å². The molecule has 0 atom stereocenters. The minimum atomic E-state index is -0.491. The zero-order valence-corrected chi connectivity index (χ0v) is 9.20. The Morgan fingerprint density at radius 3 is 2.36 bits per heavy atom. The van der Waals surface area contributed by atoms with Crippen molar-refractivity contribution in [3.8, 4) is 6.07 Å². The van der Waals surface area contributed by atoms with Crippen LogP contribution in [-0.2, 0) is 5.41 Å². The van der Waals surface area contributed by atoms with Gasteiger partial charge in [0.05, 0.1) is 17.2 Å². The lowest BCUT2D eigenvalue weighted by Gasteiger charge is -2.15. The number of rotatable bonds is 2. The molecule has 1 aromatic heterocycles. The molecule has 0 fully saturated rings. The molecule has 2 nitrogen and oxygen atoms in total. The molecule has 0 amide bonds. The molecule has 74 valence electrons. The highest BCUT2D eigenvalue weighted by molar-refractivity contribution is 5.26.